The highest BCUT2D eigenvalue weighted by Crippen LogP contribution is 2.23. The van der Waals surface area contributed by atoms with Crippen molar-refractivity contribution in [2.24, 2.45) is 0 Å². The lowest BCUT2D eigenvalue weighted by Crippen LogP contribution is -2.26. The molecule has 0 bridgehead atoms. The van der Waals surface area contributed by atoms with Gasteiger partial charge < -0.3 is 15.0 Å². The molecule has 0 atom stereocenters. The second-order valence-electron chi connectivity index (χ2n) is 3.96. The third kappa shape index (κ3) is 2.95. The fourth-order valence-corrected chi connectivity index (χ4v) is 2.14. The van der Waals surface area contributed by atoms with Gasteiger partial charge in [0.05, 0.1) is 11.5 Å². The van der Waals surface area contributed by atoms with Gasteiger partial charge in [-0.15, -0.1) is 0 Å². The lowest BCUT2D eigenvalue weighted by atomic mass is 10.1. The highest BCUT2D eigenvalue weighted by molar-refractivity contribution is 14.1. The van der Waals surface area contributed by atoms with Gasteiger partial charge >= 0.3 is 0 Å². The van der Waals surface area contributed by atoms with Crippen LogP contribution in [0.1, 0.15) is 5.56 Å². The van der Waals surface area contributed by atoms with E-state index in [0.29, 0.717) is 11.0 Å². The number of halogens is 1. The second-order valence-corrected chi connectivity index (χ2v) is 4.72. The number of fused-ring (bicyclic) bond motifs is 1. The summed E-state index contributed by atoms with van der Waals surface area (Å²) in [6, 6.07) is 5.95. The van der Waals surface area contributed by atoms with Crippen molar-refractivity contribution in [2.75, 3.05) is 18.1 Å². The predicted molar refractivity (Wildman–Crippen MR) is 80.5 cm³/mol. The molecule has 0 radical (unpaired) electrons. The first kappa shape index (κ1) is 13.2. The molecule has 5 heteroatoms. The average Bonchev–Trinajstić information content (AvgIpc) is 2.81. The smallest absolute Gasteiger partial charge is 0.229 e. The molecule has 1 aromatic heterocycles. The molecule has 0 aliphatic rings. The molecule has 4 nitrogen and oxygen atoms in total. The molecule has 1 amide bonds. The molecule has 0 aliphatic heterocycles. The maximum absolute atomic E-state index is 11.2. The van der Waals surface area contributed by atoms with E-state index < -0.39 is 0 Å². The van der Waals surface area contributed by atoms with Crippen LogP contribution in [0, 0.1) is 0 Å². The van der Waals surface area contributed by atoms with Crippen LogP contribution in [0.4, 0.5) is 0 Å². The Morgan fingerprint density at radius 3 is 3.06 bits per heavy atom. The van der Waals surface area contributed by atoms with Gasteiger partial charge in [-0.25, -0.2) is 0 Å². The second kappa shape index (κ2) is 6.08. The summed E-state index contributed by atoms with van der Waals surface area (Å²) in [6.45, 7) is 0.659. The minimum absolute atomic E-state index is 0.0769. The minimum atomic E-state index is 0.0769. The zero-order valence-corrected chi connectivity index (χ0v) is 12.3. The zero-order chi connectivity index (χ0) is 13.0. The van der Waals surface area contributed by atoms with Crippen LogP contribution in [-0.4, -0.2) is 29.0 Å². The summed E-state index contributed by atoms with van der Waals surface area (Å²) < 4.78 is 5.72. The van der Waals surface area contributed by atoms with Crippen LogP contribution in [0.25, 0.3) is 10.9 Å². The number of nitrogens with one attached hydrogen (secondary N) is 2. The molecule has 0 aliphatic carbocycles. The van der Waals surface area contributed by atoms with E-state index >= 15 is 0 Å². The lowest BCUT2D eigenvalue weighted by molar-refractivity contribution is -0.118. The van der Waals surface area contributed by atoms with E-state index in [9.17, 15) is 4.79 Å². The molecular weight excluding hydrogens is 341 g/mol. The van der Waals surface area contributed by atoms with E-state index in [1.165, 1.54) is 5.56 Å². The van der Waals surface area contributed by atoms with Crippen molar-refractivity contribution in [1.82, 2.24) is 10.3 Å². The number of rotatable bonds is 5. The monoisotopic (exact) mass is 356 g/mol. The van der Waals surface area contributed by atoms with Crippen LogP contribution in [0.5, 0.6) is 5.75 Å². The van der Waals surface area contributed by atoms with Gasteiger partial charge in [-0.05, 0) is 30.2 Å². The number of H-pyrrole nitrogens is 1. The SMILES string of the molecule is COc1ccc2[nH]cc(CCNC(=O)C[125I])c2c1. The summed E-state index contributed by atoms with van der Waals surface area (Å²) in [7, 11) is 1.66. The number of ether oxygens (including phenoxy) is 1. The van der Waals surface area contributed by atoms with Gasteiger partial charge in [0.15, 0.2) is 0 Å². The minimum Gasteiger partial charge on any atom is -0.497 e. The Bertz CT molecular complexity index is 551. The van der Waals surface area contributed by atoms with Crippen molar-refractivity contribution in [1.29, 1.82) is 0 Å². The van der Waals surface area contributed by atoms with E-state index in [1.807, 2.05) is 24.4 Å². The summed E-state index contributed by atoms with van der Waals surface area (Å²) >= 11 is 2.06. The van der Waals surface area contributed by atoms with Crippen molar-refractivity contribution < 1.29 is 9.53 Å². The Kier molecular flexibility index (Phi) is 4.46. The Labute approximate surface area is 119 Å². The van der Waals surface area contributed by atoms with Gasteiger partial charge in [0, 0.05) is 23.6 Å². The molecule has 18 heavy (non-hydrogen) atoms. The summed E-state index contributed by atoms with van der Waals surface area (Å²) in [5, 5.41) is 4.02. The van der Waals surface area contributed by atoms with Crippen molar-refractivity contribution in [2.45, 2.75) is 6.42 Å². The number of hydrogen-bond acceptors (Lipinski definition) is 2. The average molecular weight is 356 g/mol. The summed E-state index contributed by atoms with van der Waals surface area (Å²) in [6.07, 6.45) is 2.80. The summed E-state index contributed by atoms with van der Waals surface area (Å²) in [4.78, 5) is 14.4. The molecule has 0 saturated heterocycles. The molecular formula is C13H15IN2O2. The number of alkyl halides is 1. The Morgan fingerprint density at radius 1 is 1.50 bits per heavy atom. The van der Waals surface area contributed by atoms with Crippen LogP contribution in [-0.2, 0) is 11.2 Å². The number of aromatic nitrogens is 1. The van der Waals surface area contributed by atoms with E-state index in [4.69, 9.17) is 4.74 Å². The normalized spacial score (nSPS) is 10.6. The molecule has 0 saturated carbocycles. The van der Waals surface area contributed by atoms with E-state index in [1.54, 1.807) is 7.11 Å². The summed E-state index contributed by atoms with van der Waals surface area (Å²) in [5.41, 5.74) is 2.28. The molecule has 96 valence electrons. The Balaban J connectivity index is 2.10. The molecule has 0 spiro atoms. The van der Waals surface area contributed by atoms with Crippen LogP contribution in [0.2, 0.25) is 0 Å². The first-order chi connectivity index (χ1) is 8.74. The molecule has 0 fully saturated rings. The fourth-order valence-electron chi connectivity index (χ4n) is 1.88. The topological polar surface area (TPSA) is 54.1 Å². The standard InChI is InChI=1S/C13H15IN2O2/c1-18-10-2-3-12-11(6-10)9(8-16-12)4-5-15-13(17)7-14/h2-3,6,8,16H,4-5,7H2,1H3,(H,15,17)/i14-2. The maximum Gasteiger partial charge on any atom is 0.229 e. The summed E-state index contributed by atoms with van der Waals surface area (Å²) in [5.74, 6) is 0.924. The lowest BCUT2D eigenvalue weighted by Gasteiger charge is -2.03. The molecule has 2 aromatic rings. The first-order valence-corrected chi connectivity index (χ1v) is 7.24. The Hall–Kier alpha value is -1.24. The molecule has 0 unspecified atom stereocenters. The molecule has 1 aromatic carbocycles. The van der Waals surface area contributed by atoms with Gasteiger partial charge in [-0.1, -0.05) is 22.6 Å². The van der Waals surface area contributed by atoms with Crippen LogP contribution in [0.15, 0.2) is 24.4 Å². The fraction of sp³-hybridized carbons (Fsp3) is 0.308. The molecule has 2 N–H and O–H groups in total. The van der Waals surface area contributed by atoms with Gasteiger partial charge in [0.2, 0.25) is 5.91 Å². The van der Waals surface area contributed by atoms with Gasteiger partial charge in [0.25, 0.3) is 0 Å². The zero-order valence-electron chi connectivity index (χ0n) is 10.1. The van der Waals surface area contributed by atoms with Gasteiger partial charge in [-0.2, -0.15) is 0 Å². The largest absolute Gasteiger partial charge is 0.497 e. The van der Waals surface area contributed by atoms with Crippen LogP contribution >= 0.6 is 22.6 Å². The van der Waals surface area contributed by atoms with E-state index in [0.717, 1.165) is 23.1 Å². The highest BCUT2D eigenvalue weighted by Gasteiger charge is 2.05. The number of benzene rings is 1. The number of hydrogen-bond donors (Lipinski definition) is 2. The Morgan fingerprint density at radius 2 is 2.33 bits per heavy atom. The predicted octanol–water partition coefficient (Wildman–Crippen LogP) is 2.27. The van der Waals surface area contributed by atoms with Crippen LogP contribution < -0.4 is 10.1 Å². The van der Waals surface area contributed by atoms with Crippen molar-refractivity contribution >= 4 is 39.4 Å². The third-order valence-corrected chi connectivity index (χ3v) is 3.51. The maximum atomic E-state index is 11.2. The highest BCUT2D eigenvalue weighted by atomic mass is 125. The number of amides is 1. The van der Waals surface area contributed by atoms with Crippen molar-refractivity contribution in [3.05, 3.63) is 30.0 Å². The van der Waals surface area contributed by atoms with Crippen molar-refractivity contribution in [3.63, 3.8) is 0 Å². The first-order valence-electron chi connectivity index (χ1n) is 5.71. The number of aromatic amines is 1. The van der Waals surface area contributed by atoms with Gasteiger partial charge in [-0.3, -0.25) is 4.79 Å². The van der Waals surface area contributed by atoms with Crippen molar-refractivity contribution in [3.8, 4) is 5.75 Å². The number of carbonyl (C=O) groups is 1. The van der Waals surface area contributed by atoms with Crippen LogP contribution in [0.3, 0.4) is 0 Å². The number of carbonyl (C=O) groups excluding carboxylic acids is 1. The van der Waals surface area contributed by atoms with E-state index in [2.05, 4.69) is 32.9 Å². The van der Waals surface area contributed by atoms with E-state index in [-0.39, 0.29) is 5.91 Å². The quantitative estimate of drug-likeness (QED) is 0.638. The third-order valence-electron chi connectivity index (χ3n) is 2.81. The molecule has 1 heterocycles. The van der Waals surface area contributed by atoms with Gasteiger partial charge in [0.1, 0.15) is 5.75 Å². The number of methoxy groups -OCH3 is 1. The molecule has 2 rings (SSSR count).